The molecule has 1 aliphatic rings. The Morgan fingerprint density at radius 1 is 1.10 bits per heavy atom. The van der Waals surface area contributed by atoms with E-state index in [0.29, 0.717) is 11.4 Å². The van der Waals surface area contributed by atoms with Gasteiger partial charge in [-0.05, 0) is 24.3 Å². The molecule has 0 spiro atoms. The summed E-state index contributed by atoms with van der Waals surface area (Å²) in [6, 6.07) is 11.6. The van der Waals surface area contributed by atoms with E-state index in [0.717, 1.165) is 42.1 Å². The molecule has 2 aromatic heterocycles. The molecule has 1 fully saturated rings. The van der Waals surface area contributed by atoms with Gasteiger partial charge < -0.3 is 16.0 Å². The predicted molar refractivity (Wildman–Crippen MR) is 114 cm³/mol. The molecule has 3 aromatic rings. The van der Waals surface area contributed by atoms with Crippen molar-refractivity contribution in [1.29, 1.82) is 0 Å². The summed E-state index contributed by atoms with van der Waals surface area (Å²) in [4.78, 5) is 19.4. The number of halogens is 2. The first-order valence-electron chi connectivity index (χ1n) is 9.97. The first-order chi connectivity index (χ1) is 15.1. The molecule has 1 aliphatic heterocycles. The highest BCUT2D eigenvalue weighted by Crippen LogP contribution is 2.23. The maximum absolute atomic E-state index is 12.9. The second-order valence-electron chi connectivity index (χ2n) is 7.19. The zero-order valence-electron chi connectivity index (χ0n) is 16.8. The Morgan fingerprint density at radius 3 is 2.52 bits per heavy atom. The molecule has 1 aromatic carbocycles. The van der Waals surface area contributed by atoms with Gasteiger partial charge >= 0.3 is 5.69 Å². The van der Waals surface area contributed by atoms with Crippen LogP contribution in [-0.2, 0) is 6.54 Å². The third-order valence-electron chi connectivity index (χ3n) is 5.25. The zero-order chi connectivity index (χ0) is 21.8. The second-order valence-corrected chi connectivity index (χ2v) is 7.19. The highest BCUT2D eigenvalue weighted by Gasteiger charge is 2.13. The molecule has 0 radical (unpaired) electrons. The summed E-state index contributed by atoms with van der Waals surface area (Å²) >= 11 is 0. The van der Waals surface area contributed by atoms with Gasteiger partial charge in [0.25, 0.3) is 6.08 Å². The second kappa shape index (κ2) is 9.19. The van der Waals surface area contributed by atoms with Gasteiger partial charge in [-0.25, -0.2) is 14.0 Å². The summed E-state index contributed by atoms with van der Waals surface area (Å²) in [5.41, 5.74) is 7.78. The highest BCUT2D eigenvalue weighted by atomic mass is 19.3. The van der Waals surface area contributed by atoms with Gasteiger partial charge in [-0.3, -0.25) is 4.98 Å². The fraction of sp³-hybridized carbons (Fsp3) is 0.286. The van der Waals surface area contributed by atoms with Crippen molar-refractivity contribution in [2.75, 3.05) is 37.6 Å². The van der Waals surface area contributed by atoms with Gasteiger partial charge in [0.2, 0.25) is 0 Å². The number of anilines is 1. The van der Waals surface area contributed by atoms with Crippen molar-refractivity contribution >= 4 is 5.69 Å². The van der Waals surface area contributed by atoms with Crippen molar-refractivity contribution < 1.29 is 8.78 Å². The van der Waals surface area contributed by atoms with Gasteiger partial charge in [0.15, 0.2) is 0 Å². The van der Waals surface area contributed by atoms with Gasteiger partial charge in [-0.1, -0.05) is 12.1 Å². The molecule has 0 bridgehead atoms. The topological polar surface area (TPSA) is 94.0 Å². The van der Waals surface area contributed by atoms with Crippen LogP contribution in [0.15, 0.2) is 65.4 Å². The Hall–Kier alpha value is -3.37. The minimum Gasteiger partial charge on any atom is -0.369 e. The van der Waals surface area contributed by atoms with Crippen LogP contribution < -0.4 is 21.6 Å². The standard InChI is InChI=1S/C21H23F2N7O/c22-20(23)16(12-24)13-30-21(31)29(14-27-30)18-5-6-26-19(11-18)15-1-3-17(4-2-15)28-9-7-25-8-10-28/h1-6,11,14,25H,7-10,12-13,24H2. The van der Waals surface area contributed by atoms with E-state index in [-0.39, 0.29) is 18.7 Å². The van der Waals surface area contributed by atoms with Crippen LogP contribution in [0.2, 0.25) is 0 Å². The van der Waals surface area contributed by atoms with Crippen LogP contribution in [-0.4, -0.2) is 52.1 Å². The smallest absolute Gasteiger partial charge is 0.350 e. The van der Waals surface area contributed by atoms with Crippen LogP contribution >= 0.6 is 0 Å². The molecule has 0 saturated carbocycles. The lowest BCUT2D eigenvalue weighted by Crippen LogP contribution is -2.43. The molecule has 10 heteroatoms. The molecular formula is C21H23F2N7O. The average Bonchev–Trinajstić information content (AvgIpc) is 3.18. The van der Waals surface area contributed by atoms with Crippen LogP contribution in [0.1, 0.15) is 0 Å². The molecular weight excluding hydrogens is 404 g/mol. The van der Waals surface area contributed by atoms with Gasteiger partial charge in [0.1, 0.15) is 6.33 Å². The van der Waals surface area contributed by atoms with Crippen LogP contribution in [0.25, 0.3) is 16.9 Å². The van der Waals surface area contributed by atoms with E-state index in [1.54, 1.807) is 18.3 Å². The monoisotopic (exact) mass is 427 g/mol. The summed E-state index contributed by atoms with van der Waals surface area (Å²) in [7, 11) is 0. The van der Waals surface area contributed by atoms with E-state index in [1.165, 1.54) is 10.9 Å². The maximum Gasteiger partial charge on any atom is 0.350 e. The number of hydrogen-bond donors (Lipinski definition) is 2. The van der Waals surface area contributed by atoms with Crippen molar-refractivity contribution in [3.05, 3.63) is 71.1 Å². The molecule has 162 valence electrons. The SMILES string of the molecule is NCC(Cn1ncn(-c2ccnc(-c3ccc(N4CCNCC4)cc3)c2)c1=O)=C(F)F. The van der Waals surface area contributed by atoms with Gasteiger partial charge in [-0.15, -0.1) is 0 Å². The van der Waals surface area contributed by atoms with Gasteiger partial charge in [0, 0.05) is 55.7 Å². The molecule has 31 heavy (non-hydrogen) atoms. The lowest BCUT2D eigenvalue weighted by atomic mass is 10.1. The summed E-state index contributed by atoms with van der Waals surface area (Å²) in [5.74, 6) is 0. The van der Waals surface area contributed by atoms with E-state index >= 15 is 0 Å². The lowest BCUT2D eigenvalue weighted by Gasteiger charge is -2.29. The molecule has 3 heterocycles. The summed E-state index contributed by atoms with van der Waals surface area (Å²) in [6.07, 6.45) is 1.02. The maximum atomic E-state index is 12.9. The van der Waals surface area contributed by atoms with Gasteiger partial charge in [0.05, 0.1) is 17.9 Å². The number of benzene rings is 1. The number of pyridine rings is 1. The third-order valence-corrected chi connectivity index (χ3v) is 5.25. The van der Waals surface area contributed by atoms with E-state index < -0.39 is 11.8 Å². The Labute approximate surface area is 177 Å². The quantitative estimate of drug-likeness (QED) is 0.621. The number of piperazine rings is 1. The number of nitrogens with two attached hydrogens (primary N) is 1. The van der Waals surface area contributed by atoms with Crippen molar-refractivity contribution in [1.82, 2.24) is 24.6 Å². The fourth-order valence-electron chi connectivity index (χ4n) is 3.50. The van der Waals surface area contributed by atoms with Crippen LogP contribution in [0.4, 0.5) is 14.5 Å². The number of aromatic nitrogens is 4. The number of rotatable bonds is 6. The van der Waals surface area contributed by atoms with E-state index in [2.05, 4.69) is 32.4 Å². The molecule has 3 N–H and O–H groups in total. The summed E-state index contributed by atoms with van der Waals surface area (Å²) in [6.45, 7) is 3.17. The van der Waals surface area contributed by atoms with Crippen LogP contribution in [0.3, 0.4) is 0 Å². The predicted octanol–water partition coefficient (Wildman–Crippen LogP) is 1.61. The Kier molecular flexibility index (Phi) is 6.19. The lowest BCUT2D eigenvalue weighted by molar-refractivity contribution is 0.400. The van der Waals surface area contributed by atoms with Crippen molar-refractivity contribution in [2.45, 2.75) is 6.54 Å². The number of nitrogens with zero attached hydrogens (tertiary/aromatic N) is 5. The Bertz CT molecular complexity index is 1130. The molecule has 0 unspecified atom stereocenters. The zero-order valence-corrected chi connectivity index (χ0v) is 16.8. The Balaban J connectivity index is 1.58. The van der Waals surface area contributed by atoms with Gasteiger partial charge in [-0.2, -0.15) is 13.9 Å². The van der Waals surface area contributed by atoms with Crippen molar-refractivity contribution in [2.24, 2.45) is 5.73 Å². The molecule has 1 saturated heterocycles. The number of nitrogens with one attached hydrogen (secondary N) is 1. The molecule has 8 nitrogen and oxygen atoms in total. The summed E-state index contributed by atoms with van der Waals surface area (Å²) in [5, 5.41) is 7.28. The third kappa shape index (κ3) is 4.54. The highest BCUT2D eigenvalue weighted by molar-refractivity contribution is 5.65. The normalized spacial score (nSPS) is 14.0. The first-order valence-corrected chi connectivity index (χ1v) is 9.97. The first kappa shape index (κ1) is 20.9. The van der Waals surface area contributed by atoms with Crippen LogP contribution in [0, 0.1) is 0 Å². The largest absolute Gasteiger partial charge is 0.369 e. The fourth-order valence-corrected chi connectivity index (χ4v) is 3.50. The van der Waals surface area contributed by atoms with Crippen LogP contribution in [0.5, 0.6) is 0 Å². The molecule has 0 atom stereocenters. The van der Waals surface area contributed by atoms with E-state index in [1.807, 2.05) is 12.1 Å². The molecule has 0 amide bonds. The Morgan fingerprint density at radius 2 is 1.84 bits per heavy atom. The van der Waals surface area contributed by atoms with Crippen molar-refractivity contribution in [3.8, 4) is 16.9 Å². The summed E-state index contributed by atoms with van der Waals surface area (Å²) < 4.78 is 28.0. The average molecular weight is 427 g/mol. The minimum absolute atomic E-state index is 0.327. The number of hydrogen-bond acceptors (Lipinski definition) is 6. The van der Waals surface area contributed by atoms with Crippen molar-refractivity contribution in [3.63, 3.8) is 0 Å². The van der Waals surface area contributed by atoms with E-state index in [4.69, 9.17) is 5.73 Å². The minimum atomic E-state index is -1.89. The molecule has 0 aliphatic carbocycles. The molecule has 4 rings (SSSR count). The van der Waals surface area contributed by atoms with E-state index in [9.17, 15) is 13.6 Å².